The van der Waals surface area contributed by atoms with Crippen LogP contribution in [0.2, 0.25) is 0 Å². The Kier molecular flexibility index (Phi) is 3.33. The molecular formula is C19H20O4. The fourth-order valence-electron chi connectivity index (χ4n) is 4.09. The summed E-state index contributed by atoms with van der Waals surface area (Å²) in [6, 6.07) is 10.7. The van der Waals surface area contributed by atoms with Gasteiger partial charge in [-0.05, 0) is 42.5 Å². The summed E-state index contributed by atoms with van der Waals surface area (Å²) in [4.78, 5) is 0. The van der Waals surface area contributed by atoms with Crippen LogP contribution in [0.3, 0.4) is 0 Å². The van der Waals surface area contributed by atoms with Crippen molar-refractivity contribution >= 4 is 0 Å². The molecule has 4 nitrogen and oxygen atoms in total. The Labute approximate surface area is 135 Å². The number of rotatable bonds is 2. The van der Waals surface area contributed by atoms with E-state index < -0.39 is 0 Å². The summed E-state index contributed by atoms with van der Waals surface area (Å²) in [7, 11) is 1.59. The van der Waals surface area contributed by atoms with Gasteiger partial charge in [0.1, 0.15) is 17.6 Å². The highest BCUT2D eigenvalue weighted by Crippen LogP contribution is 2.56. The van der Waals surface area contributed by atoms with Crippen molar-refractivity contribution < 1.29 is 19.7 Å². The number of ether oxygens (including phenoxy) is 2. The van der Waals surface area contributed by atoms with E-state index in [1.54, 1.807) is 25.3 Å². The first-order valence-electron chi connectivity index (χ1n) is 8.04. The fourth-order valence-corrected chi connectivity index (χ4v) is 4.09. The van der Waals surface area contributed by atoms with Crippen LogP contribution in [-0.4, -0.2) is 17.3 Å². The van der Waals surface area contributed by atoms with Gasteiger partial charge in [0, 0.05) is 17.5 Å². The molecule has 4 heteroatoms. The van der Waals surface area contributed by atoms with Gasteiger partial charge in [0.25, 0.3) is 0 Å². The number of methoxy groups -OCH3 is 1. The van der Waals surface area contributed by atoms with Crippen LogP contribution in [0, 0.1) is 5.92 Å². The van der Waals surface area contributed by atoms with Gasteiger partial charge in [-0.2, -0.15) is 0 Å². The third-order valence-corrected chi connectivity index (χ3v) is 5.11. The average Bonchev–Trinajstić information content (AvgIpc) is 3.04. The molecule has 2 aromatic rings. The molecule has 2 aromatic carbocycles. The molecule has 2 aliphatic rings. The molecule has 0 spiro atoms. The first kappa shape index (κ1) is 14.2. The highest BCUT2D eigenvalue weighted by atomic mass is 16.5. The third-order valence-electron chi connectivity index (χ3n) is 5.11. The Hall–Kier alpha value is -2.36. The van der Waals surface area contributed by atoms with E-state index in [0.29, 0.717) is 17.6 Å². The van der Waals surface area contributed by atoms with Crippen molar-refractivity contribution in [2.75, 3.05) is 7.11 Å². The molecule has 2 N–H and O–H groups in total. The van der Waals surface area contributed by atoms with E-state index in [2.05, 4.69) is 0 Å². The van der Waals surface area contributed by atoms with Crippen molar-refractivity contribution in [2.45, 2.75) is 31.3 Å². The van der Waals surface area contributed by atoms with Gasteiger partial charge in [-0.3, -0.25) is 0 Å². The summed E-state index contributed by atoms with van der Waals surface area (Å²) in [5.74, 6) is 2.56. The summed E-state index contributed by atoms with van der Waals surface area (Å²) in [6.45, 7) is 0. The highest BCUT2D eigenvalue weighted by Gasteiger charge is 2.43. The number of phenols is 2. The lowest BCUT2D eigenvalue weighted by molar-refractivity contribution is 0.0993. The number of fused-ring (bicyclic) bond motifs is 3. The lowest BCUT2D eigenvalue weighted by Crippen LogP contribution is -2.27. The molecule has 1 heterocycles. The zero-order valence-corrected chi connectivity index (χ0v) is 13.0. The molecule has 3 unspecified atom stereocenters. The first-order chi connectivity index (χ1) is 11.2. The van der Waals surface area contributed by atoms with E-state index in [4.69, 9.17) is 9.47 Å². The Morgan fingerprint density at radius 2 is 1.83 bits per heavy atom. The van der Waals surface area contributed by atoms with Crippen LogP contribution in [0.1, 0.15) is 42.4 Å². The van der Waals surface area contributed by atoms with Crippen molar-refractivity contribution in [2.24, 2.45) is 5.92 Å². The second kappa shape index (κ2) is 5.37. The summed E-state index contributed by atoms with van der Waals surface area (Å²) in [5, 5.41) is 19.5. The van der Waals surface area contributed by atoms with Gasteiger partial charge in [0.2, 0.25) is 0 Å². The SMILES string of the molecule is COc1cc(O)cc2c1OC(c1ccc(O)cc1)C1CCCC21. The molecule has 23 heavy (non-hydrogen) atoms. The maximum atomic E-state index is 9.97. The van der Waals surface area contributed by atoms with Crippen LogP contribution in [0.5, 0.6) is 23.0 Å². The minimum Gasteiger partial charge on any atom is -0.508 e. The first-order valence-corrected chi connectivity index (χ1v) is 8.04. The second-order valence-electron chi connectivity index (χ2n) is 6.40. The van der Waals surface area contributed by atoms with Gasteiger partial charge in [0.15, 0.2) is 11.5 Å². The lowest BCUT2D eigenvalue weighted by Gasteiger charge is -2.37. The Bertz CT molecular complexity index is 723. The predicted octanol–water partition coefficient (Wildman–Crippen LogP) is 4.12. The van der Waals surface area contributed by atoms with Crippen LogP contribution in [0.15, 0.2) is 36.4 Å². The van der Waals surface area contributed by atoms with E-state index in [1.807, 2.05) is 18.2 Å². The average molecular weight is 312 g/mol. The van der Waals surface area contributed by atoms with E-state index in [-0.39, 0.29) is 17.6 Å². The minimum absolute atomic E-state index is 0.0472. The van der Waals surface area contributed by atoms with Gasteiger partial charge >= 0.3 is 0 Å². The van der Waals surface area contributed by atoms with Crippen LogP contribution in [0.4, 0.5) is 0 Å². The summed E-state index contributed by atoms with van der Waals surface area (Å²) < 4.78 is 11.8. The summed E-state index contributed by atoms with van der Waals surface area (Å²) in [5.41, 5.74) is 2.12. The number of aromatic hydroxyl groups is 2. The number of hydrogen-bond donors (Lipinski definition) is 2. The van der Waals surface area contributed by atoms with Crippen LogP contribution >= 0.6 is 0 Å². The summed E-state index contributed by atoms with van der Waals surface area (Å²) in [6.07, 6.45) is 3.31. The van der Waals surface area contributed by atoms with Gasteiger partial charge in [-0.1, -0.05) is 18.6 Å². The van der Waals surface area contributed by atoms with Crippen molar-refractivity contribution in [1.82, 2.24) is 0 Å². The highest BCUT2D eigenvalue weighted by molar-refractivity contribution is 5.55. The number of benzene rings is 2. The van der Waals surface area contributed by atoms with Crippen LogP contribution in [-0.2, 0) is 0 Å². The number of hydrogen-bond acceptors (Lipinski definition) is 4. The smallest absolute Gasteiger partial charge is 0.165 e. The van der Waals surface area contributed by atoms with Crippen molar-refractivity contribution in [3.05, 3.63) is 47.5 Å². The third kappa shape index (κ3) is 2.29. The van der Waals surface area contributed by atoms with Crippen molar-refractivity contribution in [3.63, 3.8) is 0 Å². The van der Waals surface area contributed by atoms with E-state index >= 15 is 0 Å². The molecule has 1 aliphatic carbocycles. The predicted molar refractivity (Wildman–Crippen MR) is 86.2 cm³/mol. The van der Waals surface area contributed by atoms with E-state index in [9.17, 15) is 10.2 Å². The number of phenolic OH excluding ortho intramolecular Hbond substituents is 2. The Balaban J connectivity index is 1.81. The van der Waals surface area contributed by atoms with Gasteiger partial charge in [-0.15, -0.1) is 0 Å². The van der Waals surface area contributed by atoms with Gasteiger partial charge < -0.3 is 19.7 Å². The van der Waals surface area contributed by atoms with Crippen molar-refractivity contribution in [3.8, 4) is 23.0 Å². The zero-order chi connectivity index (χ0) is 16.0. The van der Waals surface area contributed by atoms with Crippen LogP contribution in [0.25, 0.3) is 0 Å². The van der Waals surface area contributed by atoms with Gasteiger partial charge in [-0.25, -0.2) is 0 Å². The monoisotopic (exact) mass is 312 g/mol. The molecular weight excluding hydrogens is 292 g/mol. The molecule has 1 aliphatic heterocycles. The zero-order valence-electron chi connectivity index (χ0n) is 13.0. The molecule has 0 saturated heterocycles. The van der Waals surface area contributed by atoms with Crippen LogP contribution < -0.4 is 9.47 Å². The molecule has 1 fully saturated rings. The van der Waals surface area contributed by atoms with Gasteiger partial charge in [0.05, 0.1) is 7.11 Å². The maximum absolute atomic E-state index is 9.97. The maximum Gasteiger partial charge on any atom is 0.165 e. The fraction of sp³-hybridized carbons (Fsp3) is 0.368. The molecule has 0 bridgehead atoms. The van der Waals surface area contributed by atoms with E-state index in [0.717, 1.165) is 36.1 Å². The molecule has 120 valence electrons. The molecule has 0 radical (unpaired) electrons. The molecule has 3 atom stereocenters. The molecule has 1 saturated carbocycles. The standard InChI is InChI=1S/C19H20O4/c1-22-17-10-13(21)9-16-14-3-2-4-15(14)18(23-19(16)17)11-5-7-12(20)8-6-11/h5-10,14-15,18,20-21H,2-4H2,1H3. The Morgan fingerprint density at radius 1 is 1.04 bits per heavy atom. The summed E-state index contributed by atoms with van der Waals surface area (Å²) >= 11 is 0. The second-order valence-corrected chi connectivity index (χ2v) is 6.40. The molecule has 0 amide bonds. The normalized spacial score (nSPS) is 25.3. The topological polar surface area (TPSA) is 58.9 Å². The molecule has 4 rings (SSSR count). The largest absolute Gasteiger partial charge is 0.508 e. The van der Waals surface area contributed by atoms with E-state index in [1.165, 1.54) is 0 Å². The molecule has 0 aromatic heterocycles. The Morgan fingerprint density at radius 3 is 2.57 bits per heavy atom. The lowest BCUT2D eigenvalue weighted by atomic mass is 9.80. The van der Waals surface area contributed by atoms with Crippen molar-refractivity contribution in [1.29, 1.82) is 0 Å². The quantitative estimate of drug-likeness (QED) is 0.875. The minimum atomic E-state index is -0.0472.